The van der Waals surface area contributed by atoms with Gasteiger partial charge >= 0.3 is 5.97 Å². The molecule has 1 N–H and O–H groups in total. The number of hydrogen-bond acceptors (Lipinski definition) is 5. The number of nitrogens with zero attached hydrogens (tertiary/aromatic N) is 3. The maximum absolute atomic E-state index is 10.7. The van der Waals surface area contributed by atoms with Gasteiger partial charge in [-0.15, -0.1) is 0 Å². The third-order valence-electron chi connectivity index (χ3n) is 5.45. The van der Waals surface area contributed by atoms with Gasteiger partial charge in [-0.1, -0.05) is 42.5 Å². The Kier molecular flexibility index (Phi) is 6.14. The fourth-order valence-electron chi connectivity index (χ4n) is 3.89. The lowest BCUT2D eigenvalue weighted by Gasteiger charge is -2.28. The van der Waals surface area contributed by atoms with E-state index < -0.39 is 5.97 Å². The van der Waals surface area contributed by atoms with Gasteiger partial charge < -0.3 is 14.7 Å². The molecule has 4 rings (SSSR count). The van der Waals surface area contributed by atoms with Crippen molar-refractivity contribution in [3.63, 3.8) is 0 Å². The minimum atomic E-state index is -0.737. The molecule has 2 heterocycles. The number of ether oxygens (including phenoxy) is 1. The van der Waals surface area contributed by atoms with Gasteiger partial charge in [-0.05, 0) is 36.2 Å². The lowest BCUT2D eigenvalue weighted by atomic mass is 10.1. The standard InChI is InChI=1S/C24H27N3O3/c1-26-14-20-15-27(13-5-8-23(28)29)16-22(20)25-24(26)19-9-11-21(12-10-19)30-17-18-6-3-2-4-7-18/h2-4,6-7,9-12,14,24H,5,8,13,15-17H2,1H3,(H,28,29). The normalized spacial score (nSPS) is 18.6. The molecule has 2 aromatic rings. The lowest BCUT2D eigenvalue weighted by molar-refractivity contribution is -0.137. The molecular formula is C24H27N3O3. The summed E-state index contributed by atoms with van der Waals surface area (Å²) in [5, 5.41) is 8.83. The number of benzene rings is 2. The second-order valence-electron chi connectivity index (χ2n) is 7.82. The van der Waals surface area contributed by atoms with Crippen LogP contribution in [0, 0.1) is 0 Å². The molecule has 30 heavy (non-hydrogen) atoms. The SMILES string of the molecule is CN1C=C2CN(CCCC(=O)O)CC2=NC1c1ccc(OCc2ccccc2)cc1. The molecule has 2 aliphatic heterocycles. The molecule has 6 nitrogen and oxygen atoms in total. The van der Waals surface area contributed by atoms with E-state index in [2.05, 4.69) is 40.3 Å². The molecule has 1 atom stereocenters. The Labute approximate surface area is 177 Å². The summed E-state index contributed by atoms with van der Waals surface area (Å²) in [5.41, 5.74) is 4.60. The number of carboxylic acids is 1. The quantitative estimate of drug-likeness (QED) is 0.725. The minimum absolute atomic E-state index is 0.0501. The number of fused-ring (bicyclic) bond motifs is 1. The van der Waals surface area contributed by atoms with Crippen molar-refractivity contribution in [2.24, 2.45) is 4.99 Å². The highest BCUT2D eigenvalue weighted by atomic mass is 16.5. The van der Waals surface area contributed by atoms with Crippen LogP contribution in [0.25, 0.3) is 0 Å². The fourth-order valence-corrected chi connectivity index (χ4v) is 3.89. The van der Waals surface area contributed by atoms with E-state index in [1.807, 2.05) is 37.4 Å². The van der Waals surface area contributed by atoms with Crippen LogP contribution in [0.4, 0.5) is 0 Å². The van der Waals surface area contributed by atoms with Crippen molar-refractivity contribution in [3.8, 4) is 5.75 Å². The first-order valence-corrected chi connectivity index (χ1v) is 10.3. The van der Waals surface area contributed by atoms with E-state index in [0.717, 1.165) is 42.2 Å². The van der Waals surface area contributed by atoms with Gasteiger partial charge in [0.15, 0.2) is 0 Å². The third-order valence-corrected chi connectivity index (χ3v) is 5.45. The van der Waals surface area contributed by atoms with E-state index in [9.17, 15) is 4.79 Å². The average molecular weight is 405 g/mol. The molecule has 2 aliphatic rings. The van der Waals surface area contributed by atoms with Crippen LogP contribution in [-0.2, 0) is 11.4 Å². The molecule has 1 fully saturated rings. The van der Waals surface area contributed by atoms with Crippen LogP contribution in [0.1, 0.15) is 30.1 Å². The first kappa shape index (κ1) is 20.2. The Hall–Kier alpha value is -3.12. The first-order chi connectivity index (χ1) is 14.6. The van der Waals surface area contributed by atoms with Gasteiger partial charge in [0.2, 0.25) is 0 Å². The zero-order valence-electron chi connectivity index (χ0n) is 17.2. The van der Waals surface area contributed by atoms with Crippen LogP contribution >= 0.6 is 0 Å². The van der Waals surface area contributed by atoms with E-state index in [1.165, 1.54) is 5.57 Å². The summed E-state index contributed by atoms with van der Waals surface area (Å²) in [5.74, 6) is 0.106. The van der Waals surface area contributed by atoms with E-state index in [-0.39, 0.29) is 12.6 Å². The van der Waals surface area contributed by atoms with E-state index in [1.54, 1.807) is 0 Å². The van der Waals surface area contributed by atoms with Crippen molar-refractivity contribution in [3.05, 3.63) is 77.5 Å². The smallest absolute Gasteiger partial charge is 0.303 e. The molecule has 156 valence electrons. The molecule has 0 aliphatic carbocycles. The summed E-state index contributed by atoms with van der Waals surface area (Å²) in [4.78, 5) is 20.1. The maximum atomic E-state index is 10.7. The molecule has 0 radical (unpaired) electrons. The Morgan fingerprint density at radius 3 is 2.63 bits per heavy atom. The van der Waals surface area contributed by atoms with Gasteiger partial charge in [0, 0.05) is 38.3 Å². The van der Waals surface area contributed by atoms with Gasteiger partial charge in [0.05, 0.1) is 5.71 Å². The lowest BCUT2D eigenvalue weighted by Crippen LogP contribution is -2.25. The second-order valence-corrected chi connectivity index (χ2v) is 7.82. The molecule has 0 saturated carbocycles. The van der Waals surface area contributed by atoms with Crippen LogP contribution in [-0.4, -0.2) is 53.3 Å². The summed E-state index contributed by atoms with van der Waals surface area (Å²) in [6.45, 7) is 2.95. The van der Waals surface area contributed by atoms with E-state index in [0.29, 0.717) is 13.0 Å². The van der Waals surface area contributed by atoms with E-state index >= 15 is 0 Å². The van der Waals surface area contributed by atoms with Crippen LogP contribution in [0.5, 0.6) is 5.75 Å². The molecule has 1 saturated heterocycles. The number of aliphatic carboxylic acids is 1. The van der Waals surface area contributed by atoms with Crippen molar-refractivity contribution in [2.45, 2.75) is 25.6 Å². The first-order valence-electron chi connectivity index (χ1n) is 10.3. The number of hydrogen-bond donors (Lipinski definition) is 1. The molecule has 0 amide bonds. The molecule has 0 aromatic heterocycles. The summed E-state index contributed by atoms with van der Waals surface area (Å²) in [6, 6.07) is 18.3. The predicted molar refractivity (Wildman–Crippen MR) is 117 cm³/mol. The molecule has 2 aromatic carbocycles. The van der Waals surface area contributed by atoms with Gasteiger partial charge in [-0.2, -0.15) is 0 Å². The Morgan fingerprint density at radius 1 is 1.13 bits per heavy atom. The van der Waals surface area contributed by atoms with Crippen molar-refractivity contribution in [2.75, 3.05) is 26.7 Å². The Bertz CT molecular complexity index is 938. The zero-order valence-corrected chi connectivity index (χ0v) is 17.2. The molecule has 0 spiro atoms. The topological polar surface area (TPSA) is 65.4 Å². The number of likely N-dealkylation sites (tertiary alicyclic amines) is 1. The van der Waals surface area contributed by atoms with Crippen molar-refractivity contribution >= 4 is 11.7 Å². The Morgan fingerprint density at radius 2 is 1.90 bits per heavy atom. The predicted octanol–water partition coefficient (Wildman–Crippen LogP) is 3.71. The number of rotatable bonds is 8. The number of carbonyl (C=O) groups is 1. The number of aliphatic imine (C=N–C) groups is 1. The summed E-state index contributed by atoms with van der Waals surface area (Å²) in [7, 11) is 2.05. The molecular weight excluding hydrogens is 378 g/mol. The van der Waals surface area contributed by atoms with Gasteiger partial charge in [-0.3, -0.25) is 14.7 Å². The van der Waals surface area contributed by atoms with Crippen molar-refractivity contribution in [1.82, 2.24) is 9.80 Å². The average Bonchev–Trinajstić information content (AvgIpc) is 3.14. The summed E-state index contributed by atoms with van der Waals surface area (Å²) < 4.78 is 5.89. The van der Waals surface area contributed by atoms with Crippen molar-refractivity contribution in [1.29, 1.82) is 0 Å². The van der Waals surface area contributed by atoms with Crippen LogP contribution < -0.4 is 4.74 Å². The van der Waals surface area contributed by atoms with Crippen LogP contribution in [0.3, 0.4) is 0 Å². The zero-order chi connectivity index (χ0) is 20.9. The largest absolute Gasteiger partial charge is 0.489 e. The maximum Gasteiger partial charge on any atom is 0.303 e. The van der Waals surface area contributed by atoms with Gasteiger partial charge in [0.1, 0.15) is 18.5 Å². The van der Waals surface area contributed by atoms with Gasteiger partial charge in [-0.25, -0.2) is 0 Å². The highest BCUT2D eigenvalue weighted by Gasteiger charge is 2.29. The minimum Gasteiger partial charge on any atom is -0.489 e. The monoisotopic (exact) mass is 405 g/mol. The van der Waals surface area contributed by atoms with Crippen molar-refractivity contribution < 1.29 is 14.6 Å². The highest BCUT2D eigenvalue weighted by molar-refractivity contribution is 6.04. The second kappa shape index (κ2) is 9.13. The van der Waals surface area contributed by atoms with E-state index in [4.69, 9.17) is 14.8 Å². The van der Waals surface area contributed by atoms with Crippen LogP contribution in [0.15, 0.2) is 71.4 Å². The summed E-state index contributed by atoms with van der Waals surface area (Å²) >= 11 is 0. The molecule has 1 unspecified atom stereocenters. The Balaban J connectivity index is 1.37. The van der Waals surface area contributed by atoms with Gasteiger partial charge in [0.25, 0.3) is 0 Å². The highest BCUT2D eigenvalue weighted by Crippen LogP contribution is 2.30. The van der Waals surface area contributed by atoms with Crippen LogP contribution in [0.2, 0.25) is 0 Å². The third kappa shape index (κ3) is 4.89. The fraction of sp³-hybridized carbons (Fsp3) is 0.333. The molecule has 0 bridgehead atoms. The molecule has 6 heteroatoms. The summed E-state index contributed by atoms with van der Waals surface area (Å²) in [6.07, 6.45) is 3.00. The number of carboxylic acid groups (broad SMARTS) is 1.